The van der Waals surface area contributed by atoms with Crippen LogP contribution in [0.3, 0.4) is 0 Å². The third-order valence-electron chi connectivity index (χ3n) is 0.696. The smallest absolute Gasteiger partial charge is 0.214 e. The van der Waals surface area contributed by atoms with Crippen LogP contribution in [0.5, 0.6) is 0 Å². The van der Waals surface area contributed by atoms with Crippen LogP contribution in [-0.4, -0.2) is 20.7 Å². The summed E-state index contributed by atoms with van der Waals surface area (Å²) in [4.78, 5) is 0. The molecule has 0 aliphatic carbocycles. The van der Waals surface area contributed by atoms with Gasteiger partial charge in [0.25, 0.3) is 0 Å². The maximum Gasteiger partial charge on any atom is 0.214 e. The van der Waals surface area contributed by atoms with Gasteiger partial charge in [0, 0.05) is 9.83 Å². The zero-order valence-electron chi connectivity index (χ0n) is 6.43. The maximum atomic E-state index is 6.89. The molecule has 13 heavy (non-hydrogen) atoms. The molecular weight excluding hydrogens is 232 g/mol. The van der Waals surface area contributed by atoms with Gasteiger partial charge in [-0.25, -0.2) is 20.5 Å². The first-order chi connectivity index (χ1) is 5.95. The second kappa shape index (κ2) is 6.04. The Balaban J connectivity index is 3.56. The number of hydrazine groups is 2. The predicted molar refractivity (Wildman–Crippen MR) is 58.7 cm³/mol. The van der Waals surface area contributed by atoms with Crippen LogP contribution in [0, 0.1) is 10.8 Å². The number of hydrogen-bond donors (Lipinski definition) is 6. The average molecular weight is 242 g/mol. The van der Waals surface area contributed by atoms with Crippen molar-refractivity contribution in [1.82, 2.24) is 8.83 Å². The van der Waals surface area contributed by atoms with Gasteiger partial charge in [-0.1, -0.05) is 0 Å². The van der Waals surface area contributed by atoms with Crippen molar-refractivity contribution in [2.45, 2.75) is 0 Å². The van der Waals surface area contributed by atoms with Gasteiger partial charge in [-0.3, -0.25) is 10.8 Å². The Morgan fingerprint density at radius 2 is 1.23 bits per heavy atom. The molecule has 0 atom stereocenters. The molecule has 0 aromatic carbocycles. The third-order valence-corrected chi connectivity index (χ3v) is 3.96. The summed E-state index contributed by atoms with van der Waals surface area (Å²) < 4.78 is 1.90. The fraction of sp³-hybridized carbons (Fsp3) is 0. The fourth-order valence-corrected chi connectivity index (χ4v) is 2.86. The Labute approximate surface area is 86.7 Å². The number of rotatable bonds is 4. The summed E-state index contributed by atoms with van der Waals surface area (Å²) in [7, 11) is 3.11. The topological polar surface area (TPSA) is 158 Å². The molecule has 0 saturated heterocycles. The SMILES string of the molecule is N=C(N)N(N)SSSN(N)C(=N)N. The molecule has 0 aromatic rings. The molecule has 10 N–H and O–H groups in total. The third kappa shape index (κ3) is 5.70. The molecular formula is C2H10N8S3. The van der Waals surface area contributed by atoms with E-state index in [2.05, 4.69) is 0 Å². The monoisotopic (exact) mass is 242 g/mol. The molecule has 11 heteroatoms. The molecule has 0 unspecified atom stereocenters. The molecule has 0 radical (unpaired) electrons. The fourth-order valence-electron chi connectivity index (χ4n) is 0.159. The van der Waals surface area contributed by atoms with Gasteiger partial charge < -0.3 is 11.5 Å². The highest BCUT2D eigenvalue weighted by atomic mass is 33.5. The van der Waals surface area contributed by atoms with E-state index in [1.807, 2.05) is 0 Å². The summed E-state index contributed by atoms with van der Waals surface area (Å²) in [6.45, 7) is 0. The number of nitrogens with two attached hydrogens (primary N) is 4. The Hall–Kier alpha value is -0.490. The van der Waals surface area contributed by atoms with Gasteiger partial charge in [0.15, 0.2) is 0 Å². The van der Waals surface area contributed by atoms with Gasteiger partial charge in [0.05, 0.1) is 22.0 Å². The quantitative estimate of drug-likeness (QED) is 0.0906. The predicted octanol–water partition coefficient (Wildman–Crippen LogP) is -1.02. The van der Waals surface area contributed by atoms with Crippen molar-refractivity contribution in [2.24, 2.45) is 23.2 Å². The molecule has 0 saturated carbocycles. The highest BCUT2D eigenvalue weighted by Gasteiger charge is 2.06. The molecule has 0 bridgehead atoms. The minimum absolute atomic E-state index is 0.274. The van der Waals surface area contributed by atoms with E-state index in [9.17, 15) is 0 Å². The summed E-state index contributed by atoms with van der Waals surface area (Å²) >= 11 is 0. The second-order valence-electron chi connectivity index (χ2n) is 1.64. The zero-order chi connectivity index (χ0) is 10.4. The summed E-state index contributed by atoms with van der Waals surface area (Å²) in [5.74, 6) is 9.95. The van der Waals surface area contributed by atoms with Crippen molar-refractivity contribution in [1.29, 1.82) is 10.8 Å². The second-order valence-corrected chi connectivity index (χ2v) is 5.39. The number of nitrogens with zero attached hydrogens (tertiary/aromatic N) is 2. The minimum Gasteiger partial charge on any atom is -0.368 e. The van der Waals surface area contributed by atoms with Crippen LogP contribution in [0.15, 0.2) is 0 Å². The Morgan fingerprint density at radius 1 is 0.923 bits per heavy atom. The standard InChI is InChI=1S/C2H10N8S3/c3-1(4)9(7)11-13-12-10(8)2(5)6/h7-8H2,(H3,3,4)(H3,5,6). The molecule has 0 amide bonds. The lowest BCUT2D eigenvalue weighted by atomic mass is 11.1. The van der Waals surface area contributed by atoms with Crippen molar-refractivity contribution in [2.75, 3.05) is 0 Å². The van der Waals surface area contributed by atoms with E-state index >= 15 is 0 Å². The molecule has 8 nitrogen and oxygen atoms in total. The van der Waals surface area contributed by atoms with E-state index in [1.165, 1.54) is 0 Å². The molecule has 0 aliphatic rings. The van der Waals surface area contributed by atoms with E-state index in [0.717, 1.165) is 40.6 Å². The van der Waals surface area contributed by atoms with Gasteiger partial charge in [-0.15, -0.1) is 0 Å². The average Bonchev–Trinajstić information content (AvgIpc) is 2.03. The van der Waals surface area contributed by atoms with Crippen LogP contribution in [-0.2, 0) is 0 Å². The first-order valence-electron chi connectivity index (χ1n) is 2.74. The highest BCUT2D eigenvalue weighted by Crippen LogP contribution is 2.35. The number of hydrogen-bond acceptors (Lipinski definition) is 7. The molecule has 0 aliphatic heterocycles. The van der Waals surface area contributed by atoms with Crippen LogP contribution in [0.2, 0.25) is 0 Å². The molecule has 0 heterocycles. The van der Waals surface area contributed by atoms with Gasteiger partial charge in [0.2, 0.25) is 11.9 Å². The van der Waals surface area contributed by atoms with Crippen LogP contribution < -0.4 is 23.2 Å². The van der Waals surface area contributed by atoms with Crippen molar-refractivity contribution in [3.8, 4) is 0 Å². The molecule has 0 rings (SSSR count). The van der Waals surface area contributed by atoms with Crippen LogP contribution >= 0.6 is 31.8 Å². The highest BCUT2D eigenvalue weighted by molar-refractivity contribution is 9.08. The molecule has 76 valence electrons. The lowest BCUT2D eigenvalue weighted by molar-refractivity contribution is 0.722. The Bertz CT molecular complexity index is 174. The lowest BCUT2D eigenvalue weighted by Crippen LogP contribution is -2.36. The van der Waals surface area contributed by atoms with Crippen molar-refractivity contribution >= 4 is 43.7 Å². The summed E-state index contributed by atoms with van der Waals surface area (Å²) in [6.07, 6.45) is 0. The minimum atomic E-state index is -0.274. The molecule has 0 spiro atoms. The maximum absolute atomic E-state index is 6.89. The summed E-state index contributed by atoms with van der Waals surface area (Å²) in [5.41, 5.74) is 10.1. The van der Waals surface area contributed by atoms with Gasteiger partial charge in [0.1, 0.15) is 0 Å². The number of guanidine groups is 2. The van der Waals surface area contributed by atoms with E-state index in [0.29, 0.717) is 0 Å². The summed E-state index contributed by atoms with van der Waals surface area (Å²) in [5, 5.41) is 13.8. The van der Waals surface area contributed by atoms with E-state index in [-0.39, 0.29) is 11.9 Å². The van der Waals surface area contributed by atoms with Gasteiger partial charge >= 0.3 is 0 Å². The largest absolute Gasteiger partial charge is 0.368 e. The van der Waals surface area contributed by atoms with E-state index in [4.69, 9.17) is 34.0 Å². The van der Waals surface area contributed by atoms with Gasteiger partial charge in [-0.2, -0.15) is 0 Å². The van der Waals surface area contributed by atoms with Crippen molar-refractivity contribution < 1.29 is 0 Å². The van der Waals surface area contributed by atoms with E-state index < -0.39 is 0 Å². The molecule has 0 aromatic heterocycles. The van der Waals surface area contributed by atoms with E-state index in [1.54, 1.807) is 0 Å². The van der Waals surface area contributed by atoms with Crippen LogP contribution in [0.4, 0.5) is 0 Å². The van der Waals surface area contributed by atoms with Crippen LogP contribution in [0.1, 0.15) is 0 Å². The zero-order valence-corrected chi connectivity index (χ0v) is 8.88. The molecule has 0 fully saturated rings. The van der Waals surface area contributed by atoms with Gasteiger partial charge in [-0.05, 0) is 0 Å². The Kier molecular flexibility index (Phi) is 5.81. The first-order valence-corrected chi connectivity index (χ1v) is 6.14. The van der Waals surface area contributed by atoms with Crippen LogP contribution in [0.25, 0.3) is 0 Å². The summed E-state index contributed by atoms with van der Waals surface area (Å²) in [6, 6.07) is 0. The number of nitrogens with one attached hydrogen (secondary N) is 2. The normalized spacial score (nSPS) is 9.38. The lowest BCUT2D eigenvalue weighted by Gasteiger charge is -2.15. The van der Waals surface area contributed by atoms with Crippen molar-refractivity contribution in [3.63, 3.8) is 0 Å². The Morgan fingerprint density at radius 3 is 1.46 bits per heavy atom. The van der Waals surface area contributed by atoms with Crippen molar-refractivity contribution in [3.05, 3.63) is 0 Å². The first kappa shape index (κ1) is 12.5.